The van der Waals surface area contributed by atoms with E-state index in [9.17, 15) is 4.39 Å². The van der Waals surface area contributed by atoms with Gasteiger partial charge in [-0.3, -0.25) is 0 Å². The first-order valence-corrected chi connectivity index (χ1v) is 6.42. The first kappa shape index (κ1) is 13.0. The van der Waals surface area contributed by atoms with Crippen LogP contribution in [0.3, 0.4) is 0 Å². The lowest BCUT2D eigenvalue weighted by atomic mass is 10.2. The van der Waals surface area contributed by atoms with E-state index in [0.717, 1.165) is 17.1 Å². The summed E-state index contributed by atoms with van der Waals surface area (Å²) in [7, 11) is 3.41. The van der Waals surface area contributed by atoms with Crippen LogP contribution in [0.2, 0.25) is 0 Å². The number of halogens is 1. The number of ether oxygens (including phenoxy) is 1. The molecule has 1 aromatic heterocycles. The number of thiazole rings is 1. The van der Waals surface area contributed by atoms with Crippen molar-refractivity contribution in [2.24, 2.45) is 0 Å². The molecule has 0 aliphatic heterocycles. The fourth-order valence-corrected chi connectivity index (χ4v) is 2.87. The molecule has 1 heterocycles. The van der Waals surface area contributed by atoms with Crippen molar-refractivity contribution in [3.05, 3.63) is 34.6 Å². The first-order valence-electron chi connectivity index (χ1n) is 5.61. The van der Waals surface area contributed by atoms with E-state index in [1.54, 1.807) is 12.1 Å². The molecule has 0 aliphatic rings. The number of aryl methyl sites for hydroxylation is 1. The van der Waals surface area contributed by atoms with Gasteiger partial charge in [-0.15, -0.1) is 11.3 Å². The molecule has 0 unspecified atom stereocenters. The summed E-state index contributed by atoms with van der Waals surface area (Å²) in [6, 6.07) is 4.80. The minimum Gasteiger partial charge on any atom is -0.496 e. The summed E-state index contributed by atoms with van der Waals surface area (Å²) in [6.45, 7) is 2.67. The van der Waals surface area contributed by atoms with Gasteiger partial charge in [0, 0.05) is 11.4 Å². The quantitative estimate of drug-likeness (QED) is 0.923. The number of methoxy groups -OCH3 is 1. The highest BCUT2D eigenvalue weighted by atomic mass is 32.1. The molecule has 3 nitrogen and oxygen atoms in total. The smallest absolute Gasteiger partial charge is 0.137 e. The van der Waals surface area contributed by atoms with Gasteiger partial charge in [-0.1, -0.05) is 6.07 Å². The molecule has 1 aromatic carbocycles. The summed E-state index contributed by atoms with van der Waals surface area (Å²) >= 11 is 1.49. The third-order valence-electron chi connectivity index (χ3n) is 2.64. The first-order chi connectivity index (χ1) is 8.67. The van der Waals surface area contributed by atoms with Crippen molar-refractivity contribution in [2.45, 2.75) is 13.5 Å². The Morgan fingerprint density at radius 3 is 2.89 bits per heavy atom. The Labute approximate surface area is 110 Å². The summed E-state index contributed by atoms with van der Waals surface area (Å²) in [6.07, 6.45) is 0. The second-order valence-corrected chi connectivity index (χ2v) is 4.96. The number of aromatic nitrogens is 1. The van der Waals surface area contributed by atoms with Gasteiger partial charge in [-0.2, -0.15) is 0 Å². The summed E-state index contributed by atoms with van der Waals surface area (Å²) in [5, 5.41) is 3.74. The predicted octanol–water partition coefficient (Wildman–Crippen LogP) is 2.99. The van der Waals surface area contributed by atoms with Crippen LogP contribution in [0, 0.1) is 12.7 Å². The average Bonchev–Trinajstić information content (AvgIpc) is 2.70. The molecule has 5 heteroatoms. The molecule has 2 rings (SSSR count). The van der Waals surface area contributed by atoms with Gasteiger partial charge in [0.2, 0.25) is 0 Å². The van der Waals surface area contributed by atoms with Crippen LogP contribution in [0.5, 0.6) is 5.75 Å². The Morgan fingerprint density at radius 1 is 1.44 bits per heavy atom. The Bertz CT molecular complexity index is 554. The second kappa shape index (κ2) is 5.46. The van der Waals surface area contributed by atoms with E-state index in [-0.39, 0.29) is 5.82 Å². The van der Waals surface area contributed by atoms with Crippen LogP contribution in [0.25, 0.3) is 10.6 Å². The molecule has 0 saturated heterocycles. The summed E-state index contributed by atoms with van der Waals surface area (Å²) < 4.78 is 19.1. The minimum atomic E-state index is -0.306. The van der Waals surface area contributed by atoms with Crippen LogP contribution < -0.4 is 10.1 Å². The third-order valence-corrected chi connectivity index (χ3v) is 3.81. The van der Waals surface area contributed by atoms with E-state index in [1.165, 1.54) is 24.5 Å². The number of nitrogens with zero attached hydrogens (tertiary/aromatic N) is 1. The van der Waals surface area contributed by atoms with E-state index in [1.807, 2.05) is 14.0 Å². The molecule has 1 N–H and O–H groups in total. The van der Waals surface area contributed by atoms with E-state index in [0.29, 0.717) is 16.3 Å². The summed E-state index contributed by atoms with van der Waals surface area (Å²) in [5.74, 6) is 0.207. The largest absolute Gasteiger partial charge is 0.496 e. The van der Waals surface area contributed by atoms with E-state index >= 15 is 0 Å². The zero-order valence-corrected chi connectivity index (χ0v) is 11.4. The molecular formula is C13H15FN2OS. The van der Waals surface area contributed by atoms with Crippen molar-refractivity contribution >= 4 is 11.3 Å². The van der Waals surface area contributed by atoms with Crippen LogP contribution in [0.1, 0.15) is 10.6 Å². The topological polar surface area (TPSA) is 34.1 Å². The van der Waals surface area contributed by atoms with E-state index in [4.69, 9.17) is 4.74 Å². The highest BCUT2D eigenvalue weighted by Crippen LogP contribution is 2.36. The van der Waals surface area contributed by atoms with Crippen molar-refractivity contribution in [2.75, 3.05) is 14.2 Å². The lowest BCUT2D eigenvalue weighted by Gasteiger charge is -2.06. The van der Waals surface area contributed by atoms with Gasteiger partial charge in [-0.25, -0.2) is 9.37 Å². The van der Waals surface area contributed by atoms with Gasteiger partial charge in [0.05, 0.1) is 18.4 Å². The van der Waals surface area contributed by atoms with Crippen molar-refractivity contribution in [1.29, 1.82) is 0 Å². The number of nitrogens with one attached hydrogen (secondary N) is 1. The highest BCUT2D eigenvalue weighted by Gasteiger charge is 2.16. The molecule has 0 radical (unpaired) electrons. The lowest BCUT2D eigenvalue weighted by Crippen LogP contribution is -2.04. The maximum Gasteiger partial charge on any atom is 0.137 e. The van der Waals surface area contributed by atoms with Gasteiger partial charge < -0.3 is 10.1 Å². The maximum atomic E-state index is 13.9. The fraction of sp³-hybridized carbons (Fsp3) is 0.308. The molecule has 2 aromatic rings. The van der Waals surface area contributed by atoms with Crippen LogP contribution >= 0.6 is 11.3 Å². The normalized spacial score (nSPS) is 10.7. The van der Waals surface area contributed by atoms with Crippen molar-refractivity contribution in [3.63, 3.8) is 0 Å². The maximum absolute atomic E-state index is 13.9. The average molecular weight is 266 g/mol. The van der Waals surface area contributed by atoms with Gasteiger partial charge in [0.1, 0.15) is 16.6 Å². The van der Waals surface area contributed by atoms with Crippen LogP contribution in [-0.2, 0) is 6.54 Å². The van der Waals surface area contributed by atoms with Crippen molar-refractivity contribution in [1.82, 2.24) is 10.3 Å². The zero-order valence-electron chi connectivity index (χ0n) is 10.6. The van der Waals surface area contributed by atoms with Gasteiger partial charge in [0.15, 0.2) is 0 Å². The van der Waals surface area contributed by atoms with Crippen molar-refractivity contribution < 1.29 is 9.13 Å². The predicted molar refractivity (Wildman–Crippen MR) is 71.6 cm³/mol. The molecular weight excluding hydrogens is 251 g/mol. The summed E-state index contributed by atoms with van der Waals surface area (Å²) in [4.78, 5) is 5.54. The highest BCUT2D eigenvalue weighted by molar-refractivity contribution is 7.15. The number of hydrogen-bond donors (Lipinski definition) is 1. The fourth-order valence-electron chi connectivity index (χ4n) is 1.74. The molecule has 0 fully saturated rings. The van der Waals surface area contributed by atoms with Gasteiger partial charge >= 0.3 is 0 Å². The van der Waals surface area contributed by atoms with Gasteiger partial charge in [0.25, 0.3) is 0 Å². The number of hydrogen-bond acceptors (Lipinski definition) is 4. The number of rotatable bonds is 4. The molecule has 96 valence electrons. The monoisotopic (exact) mass is 266 g/mol. The Morgan fingerprint density at radius 2 is 2.22 bits per heavy atom. The Balaban J connectivity index is 2.51. The SMILES string of the molecule is CNCc1sc(-c2c(F)cccc2OC)nc1C. The van der Waals surface area contributed by atoms with Crippen LogP contribution in [-0.4, -0.2) is 19.1 Å². The third kappa shape index (κ3) is 2.37. The molecule has 0 spiro atoms. The van der Waals surface area contributed by atoms with Crippen LogP contribution in [0.15, 0.2) is 18.2 Å². The van der Waals surface area contributed by atoms with Crippen LogP contribution in [0.4, 0.5) is 4.39 Å². The zero-order chi connectivity index (χ0) is 13.1. The Hall–Kier alpha value is -1.46. The Kier molecular flexibility index (Phi) is 3.93. The molecule has 0 bridgehead atoms. The lowest BCUT2D eigenvalue weighted by molar-refractivity contribution is 0.413. The van der Waals surface area contributed by atoms with Gasteiger partial charge in [-0.05, 0) is 26.1 Å². The standard InChI is InChI=1S/C13H15FN2OS/c1-8-11(7-15-2)18-13(16-8)12-9(14)5-4-6-10(12)17-3/h4-6,15H,7H2,1-3H3. The minimum absolute atomic E-state index is 0.306. The summed E-state index contributed by atoms with van der Waals surface area (Å²) in [5.41, 5.74) is 1.37. The second-order valence-electron chi connectivity index (χ2n) is 3.88. The molecule has 0 saturated carbocycles. The number of benzene rings is 1. The van der Waals surface area contributed by atoms with Crippen molar-refractivity contribution in [3.8, 4) is 16.3 Å². The molecule has 0 amide bonds. The van der Waals surface area contributed by atoms with E-state index in [2.05, 4.69) is 10.3 Å². The van der Waals surface area contributed by atoms with E-state index < -0.39 is 0 Å². The molecule has 0 atom stereocenters. The molecule has 18 heavy (non-hydrogen) atoms. The molecule has 0 aliphatic carbocycles.